The van der Waals surface area contributed by atoms with Gasteiger partial charge in [-0.1, -0.05) is 24.3 Å². The van der Waals surface area contributed by atoms with Gasteiger partial charge in [0.1, 0.15) is 5.56 Å². The van der Waals surface area contributed by atoms with Crippen molar-refractivity contribution >= 4 is 22.5 Å². The van der Waals surface area contributed by atoms with Crippen LogP contribution in [0.1, 0.15) is 27.9 Å². The van der Waals surface area contributed by atoms with E-state index in [2.05, 4.69) is 4.98 Å². The van der Waals surface area contributed by atoms with Crippen LogP contribution >= 0.6 is 0 Å². The Balaban J connectivity index is 1.83. The number of pyridine rings is 1. The molecule has 1 N–H and O–H groups in total. The number of nitrogens with zero attached hydrogens (tertiary/aromatic N) is 1. The van der Waals surface area contributed by atoms with E-state index in [4.69, 9.17) is 0 Å². The number of halogens is 3. The Labute approximate surface area is 152 Å². The quantitative estimate of drug-likeness (QED) is 0.698. The Morgan fingerprint density at radius 2 is 1.85 bits per heavy atom. The highest BCUT2D eigenvalue weighted by Gasteiger charge is 2.34. The number of carbonyl (C=O) groups excluding carboxylic acids is 1. The molecule has 0 saturated carbocycles. The number of benzene rings is 2. The Morgan fingerprint density at radius 1 is 1.07 bits per heavy atom. The van der Waals surface area contributed by atoms with Crippen molar-refractivity contribution in [3.05, 3.63) is 75.6 Å². The average Bonchev–Trinajstić information content (AvgIpc) is 2.66. The Bertz CT molecular complexity index is 1100. The Hall–Kier alpha value is -3.09. The molecule has 0 spiro atoms. The molecule has 1 aromatic heterocycles. The second-order valence-corrected chi connectivity index (χ2v) is 6.45. The number of aromatic nitrogens is 1. The number of rotatable bonds is 1. The van der Waals surface area contributed by atoms with E-state index in [-0.39, 0.29) is 16.5 Å². The zero-order chi connectivity index (χ0) is 19.2. The van der Waals surface area contributed by atoms with Crippen molar-refractivity contribution < 1.29 is 18.0 Å². The zero-order valence-corrected chi connectivity index (χ0v) is 14.1. The first kappa shape index (κ1) is 17.3. The number of H-pyrrole nitrogens is 1. The van der Waals surface area contributed by atoms with Crippen LogP contribution < -0.4 is 10.3 Å². The topological polar surface area (TPSA) is 53.2 Å². The minimum atomic E-state index is -4.60. The molecule has 0 bridgehead atoms. The predicted molar refractivity (Wildman–Crippen MR) is 96.0 cm³/mol. The lowest BCUT2D eigenvalue weighted by atomic mass is 10.0. The summed E-state index contributed by atoms with van der Waals surface area (Å²) in [6.07, 6.45) is -1.92. The van der Waals surface area contributed by atoms with Crippen LogP contribution in [0.2, 0.25) is 0 Å². The molecule has 1 aliphatic heterocycles. The highest BCUT2D eigenvalue weighted by molar-refractivity contribution is 6.08. The summed E-state index contributed by atoms with van der Waals surface area (Å²) in [5.74, 6) is -0.511. The van der Waals surface area contributed by atoms with Crippen molar-refractivity contribution in [1.82, 2.24) is 4.98 Å². The first-order chi connectivity index (χ1) is 12.9. The van der Waals surface area contributed by atoms with Crippen LogP contribution in [0.25, 0.3) is 10.9 Å². The lowest BCUT2D eigenvalue weighted by molar-refractivity contribution is -0.136. The molecule has 0 unspecified atom stereocenters. The molecule has 0 fully saturated rings. The Kier molecular flexibility index (Phi) is 4.02. The molecule has 0 saturated heterocycles. The van der Waals surface area contributed by atoms with E-state index < -0.39 is 23.1 Å². The van der Waals surface area contributed by atoms with Crippen LogP contribution in [-0.4, -0.2) is 17.4 Å². The normalized spacial score (nSPS) is 14.3. The van der Waals surface area contributed by atoms with Gasteiger partial charge in [0.2, 0.25) is 5.43 Å². The maximum absolute atomic E-state index is 13.2. The number of alkyl halides is 3. The summed E-state index contributed by atoms with van der Waals surface area (Å²) in [6.45, 7) is 0.454. The summed E-state index contributed by atoms with van der Waals surface area (Å²) >= 11 is 0. The fraction of sp³-hybridized carbons (Fsp3) is 0.200. The van der Waals surface area contributed by atoms with E-state index in [0.717, 1.165) is 36.4 Å². The second-order valence-electron chi connectivity index (χ2n) is 6.45. The third kappa shape index (κ3) is 2.89. The highest BCUT2D eigenvalue weighted by atomic mass is 19.4. The number of anilines is 1. The molecule has 7 heteroatoms. The van der Waals surface area contributed by atoms with Gasteiger partial charge >= 0.3 is 6.18 Å². The number of para-hydroxylation sites is 2. The number of aryl methyl sites for hydroxylation is 1. The average molecular weight is 372 g/mol. The lowest BCUT2D eigenvalue weighted by Gasteiger charge is -2.29. The SMILES string of the molecule is O=C(c1c[nH]c2c(C(F)(F)F)cccc2c1=O)N1CCCc2ccccc21. The zero-order valence-electron chi connectivity index (χ0n) is 14.1. The molecule has 3 aromatic rings. The van der Waals surface area contributed by atoms with Gasteiger partial charge in [-0.25, -0.2) is 0 Å². The molecule has 1 aliphatic rings. The minimum Gasteiger partial charge on any atom is -0.360 e. The van der Waals surface area contributed by atoms with Gasteiger partial charge < -0.3 is 9.88 Å². The fourth-order valence-corrected chi connectivity index (χ4v) is 3.54. The predicted octanol–water partition coefficient (Wildman–Crippen LogP) is 4.14. The number of carbonyl (C=O) groups is 1. The summed E-state index contributed by atoms with van der Waals surface area (Å²) < 4.78 is 39.5. The summed E-state index contributed by atoms with van der Waals surface area (Å²) in [5, 5.41) is -0.152. The Morgan fingerprint density at radius 3 is 2.63 bits per heavy atom. The van der Waals surface area contributed by atoms with Crippen LogP contribution in [0.15, 0.2) is 53.5 Å². The van der Waals surface area contributed by atoms with Crippen LogP contribution in [0.5, 0.6) is 0 Å². The molecular formula is C20H15F3N2O2. The summed E-state index contributed by atoms with van der Waals surface area (Å²) in [5.41, 5.74) is -0.377. The lowest BCUT2D eigenvalue weighted by Crippen LogP contribution is -2.38. The molecule has 4 rings (SSSR count). The van der Waals surface area contributed by atoms with E-state index in [1.807, 2.05) is 24.3 Å². The monoisotopic (exact) mass is 372 g/mol. The number of aromatic amines is 1. The smallest absolute Gasteiger partial charge is 0.360 e. The van der Waals surface area contributed by atoms with Crippen molar-refractivity contribution in [3.8, 4) is 0 Å². The molecule has 0 radical (unpaired) electrons. The first-order valence-corrected chi connectivity index (χ1v) is 8.49. The highest BCUT2D eigenvalue weighted by Crippen LogP contribution is 2.33. The molecule has 0 atom stereocenters. The summed E-state index contributed by atoms with van der Waals surface area (Å²) in [6, 6.07) is 10.8. The molecular weight excluding hydrogens is 357 g/mol. The standard InChI is InChI=1S/C20H15F3N2O2/c21-20(22,23)15-8-3-7-13-17(15)24-11-14(18(13)26)19(27)25-10-4-6-12-5-1-2-9-16(12)25/h1-3,5,7-9,11H,4,6,10H2,(H,24,26). The minimum absolute atomic E-state index is 0.152. The number of nitrogens with one attached hydrogen (secondary N) is 1. The van der Waals surface area contributed by atoms with Gasteiger partial charge in [-0.3, -0.25) is 9.59 Å². The second kappa shape index (κ2) is 6.26. The van der Waals surface area contributed by atoms with Crippen LogP contribution in [-0.2, 0) is 12.6 Å². The molecule has 2 heterocycles. The van der Waals surface area contributed by atoms with Gasteiger partial charge in [0.25, 0.3) is 5.91 Å². The van der Waals surface area contributed by atoms with Gasteiger partial charge in [-0.15, -0.1) is 0 Å². The number of hydrogen-bond donors (Lipinski definition) is 1. The van der Waals surface area contributed by atoms with E-state index in [1.54, 1.807) is 0 Å². The van der Waals surface area contributed by atoms with Gasteiger partial charge in [0, 0.05) is 23.8 Å². The molecule has 4 nitrogen and oxygen atoms in total. The number of amides is 1. The largest absolute Gasteiger partial charge is 0.418 e. The van der Waals surface area contributed by atoms with Gasteiger partial charge in [0.05, 0.1) is 11.1 Å². The van der Waals surface area contributed by atoms with Crippen molar-refractivity contribution in [2.24, 2.45) is 0 Å². The third-order valence-electron chi connectivity index (χ3n) is 4.81. The maximum atomic E-state index is 13.2. The van der Waals surface area contributed by atoms with Crippen molar-refractivity contribution in [2.75, 3.05) is 11.4 Å². The van der Waals surface area contributed by atoms with Crippen molar-refractivity contribution in [3.63, 3.8) is 0 Å². The van der Waals surface area contributed by atoms with E-state index in [9.17, 15) is 22.8 Å². The number of hydrogen-bond acceptors (Lipinski definition) is 2. The number of fused-ring (bicyclic) bond motifs is 2. The van der Waals surface area contributed by atoms with Gasteiger partial charge in [0.15, 0.2) is 0 Å². The molecule has 138 valence electrons. The van der Waals surface area contributed by atoms with Crippen molar-refractivity contribution in [2.45, 2.75) is 19.0 Å². The molecule has 27 heavy (non-hydrogen) atoms. The molecule has 2 aromatic carbocycles. The van der Waals surface area contributed by atoms with Crippen molar-refractivity contribution in [1.29, 1.82) is 0 Å². The van der Waals surface area contributed by atoms with Crippen LogP contribution in [0.3, 0.4) is 0 Å². The van der Waals surface area contributed by atoms with Gasteiger partial charge in [-0.05, 0) is 36.6 Å². The third-order valence-corrected chi connectivity index (χ3v) is 4.81. The van der Waals surface area contributed by atoms with Gasteiger partial charge in [-0.2, -0.15) is 13.2 Å². The van der Waals surface area contributed by atoms with E-state index >= 15 is 0 Å². The van der Waals surface area contributed by atoms with E-state index in [0.29, 0.717) is 6.54 Å². The van der Waals surface area contributed by atoms with E-state index in [1.165, 1.54) is 17.0 Å². The molecule has 1 amide bonds. The van der Waals surface area contributed by atoms with Crippen LogP contribution in [0.4, 0.5) is 18.9 Å². The fourth-order valence-electron chi connectivity index (χ4n) is 3.54. The maximum Gasteiger partial charge on any atom is 0.418 e. The van der Waals surface area contributed by atoms with Crippen LogP contribution in [0, 0.1) is 0 Å². The molecule has 0 aliphatic carbocycles. The summed E-state index contributed by atoms with van der Waals surface area (Å²) in [4.78, 5) is 29.8. The first-order valence-electron chi connectivity index (χ1n) is 8.49. The summed E-state index contributed by atoms with van der Waals surface area (Å²) in [7, 11) is 0.